The Morgan fingerprint density at radius 1 is 1.46 bits per heavy atom. The summed E-state index contributed by atoms with van der Waals surface area (Å²) < 4.78 is 0. The van der Waals surface area contributed by atoms with Crippen molar-refractivity contribution in [1.82, 2.24) is 9.97 Å². The molecule has 2 N–H and O–H groups in total. The largest absolute Gasteiger partial charge is 0.322 e. The van der Waals surface area contributed by atoms with Crippen LogP contribution in [0.4, 0.5) is 0 Å². The quantitative estimate of drug-likeness (QED) is 0.797. The molecule has 1 aromatic heterocycles. The third-order valence-corrected chi connectivity index (χ3v) is 2.79. The van der Waals surface area contributed by atoms with Crippen LogP contribution >= 0.6 is 11.8 Å². The van der Waals surface area contributed by atoms with E-state index in [1.165, 1.54) is 0 Å². The summed E-state index contributed by atoms with van der Waals surface area (Å²) in [7, 11) is 0. The van der Waals surface area contributed by atoms with E-state index in [2.05, 4.69) is 23.8 Å². The Hall–Kier alpha value is -0.610. The van der Waals surface area contributed by atoms with Crippen molar-refractivity contribution in [3.05, 3.63) is 24.3 Å². The first-order valence-electron chi connectivity index (χ1n) is 4.33. The molecule has 0 amide bonds. The number of hydrogen-bond donors (Lipinski definition) is 1. The molecule has 0 aromatic carbocycles. The van der Waals surface area contributed by atoms with E-state index in [9.17, 15) is 0 Å². The Kier molecular flexibility index (Phi) is 4.18. The Morgan fingerprint density at radius 3 is 2.77 bits per heavy atom. The number of rotatable bonds is 4. The number of nitrogens with zero attached hydrogens (tertiary/aromatic N) is 2. The molecule has 1 rings (SSSR count). The van der Waals surface area contributed by atoms with Crippen LogP contribution in [0.25, 0.3) is 0 Å². The number of hydrogen-bond acceptors (Lipinski definition) is 4. The molecule has 1 atom stereocenters. The number of aromatic nitrogens is 2. The van der Waals surface area contributed by atoms with Gasteiger partial charge in [0.1, 0.15) is 0 Å². The van der Waals surface area contributed by atoms with Gasteiger partial charge < -0.3 is 5.73 Å². The molecule has 13 heavy (non-hydrogen) atoms. The lowest BCUT2D eigenvalue weighted by molar-refractivity contribution is 0.781. The molecule has 0 aliphatic heterocycles. The Bertz CT molecular complexity index is 238. The van der Waals surface area contributed by atoms with E-state index in [0.717, 1.165) is 11.4 Å². The van der Waals surface area contributed by atoms with Crippen molar-refractivity contribution >= 4 is 11.8 Å². The molecule has 4 heteroatoms. The van der Waals surface area contributed by atoms with Gasteiger partial charge in [0.25, 0.3) is 0 Å². The minimum atomic E-state index is 0.00102. The highest BCUT2D eigenvalue weighted by molar-refractivity contribution is 7.99. The summed E-state index contributed by atoms with van der Waals surface area (Å²) in [6.07, 6.45) is 5.06. The van der Waals surface area contributed by atoms with E-state index >= 15 is 0 Å². The van der Waals surface area contributed by atoms with Gasteiger partial charge in [-0.1, -0.05) is 13.8 Å². The SMILES string of the molecule is CC(C)SCC(N)c1cnccn1. The molecule has 0 aliphatic carbocycles. The maximum Gasteiger partial charge on any atom is 0.0762 e. The van der Waals surface area contributed by atoms with Crippen LogP contribution in [0.5, 0.6) is 0 Å². The molecule has 1 aromatic rings. The molecule has 3 nitrogen and oxygen atoms in total. The van der Waals surface area contributed by atoms with Crippen LogP contribution in [0.1, 0.15) is 25.6 Å². The molecule has 72 valence electrons. The Balaban J connectivity index is 2.44. The summed E-state index contributed by atoms with van der Waals surface area (Å²) >= 11 is 1.84. The van der Waals surface area contributed by atoms with E-state index in [1.807, 2.05) is 11.8 Å². The van der Waals surface area contributed by atoms with E-state index < -0.39 is 0 Å². The van der Waals surface area contributed by atoms with Crippen LogP contribution in [0.2, 0.25) is 0 Å². The summed E-state index contributed by atoms with van der Waals surface area (Å²) in [5, 5.41) is 0.614. The highest BCUT2D eigenvalue weighted by Crippen LogP contribution is 2.16. The maximum atomic E-state index is 5.92. The molecule has 0 radical (unpaired) electrons. The third-order valence-electron chi connectivity index (χ3n) is 1.57. The van der Waals surface area contributed by atoms with Crippen molar-refractivity contribution in [3.8, 4) is 0 Å². The summed E-state index contributed by atoms with van der Waals surface area (Å²) in [4.78, 5) is 8.14. The molecular formula is C9H15N3S. The van der Waals surface area contributed by atoms with Gasteiger partial charge in [-0.15, -0.1) is 0 Å². The van der Waals surface area contributed by atoms with Crippen molar-refractivity contribution in [3.63, 3.8) is 0 Å². The van der Waals surface area contributed by atoms with E-state index in [1.54, 1.807) is 18.6 Å². The predicted molar refractivity (Wildman–Crippen MR) is 56.6 cm³/mol. The van der Waals surface area contributed by atoms with Crippen molar-refractivity contribution < 1.29 is 0 Å². The third kappa shape index (κ3) is 3.74. The summed E-state index contributed by atoms with van der Waals surface area (Å²) in [6.45, 7) is 4.32. The van der Waals surface area contributed by atoms with Gasteiger partial charge in [0.05, 0.1) is 11.7 Å². The van der Waals surface area contributed by atoms with Gasteiger partial charge in [0, 0.05) is 24.3 Å². The second kappa shape index (κ2) is 5.19. The highest BCUT2D eigenvalue weighted by Gasteiger charge is 2.07. The first kappa shape index (κ1) is 10.5. The average Bonchev–Trinajstić information content (AvgIpc) is 2.15. The van der Waals surface area contributed by atoms with Crippen molar-refractivity contribution in [2.24, 2.45) is 5.73 Å². The molecule has 1 unspecified atom stereocenters. The van der Waals surface area contributed by atoms with Crippen LogP contribution in [-0.2, 0) is 0 Å². The lowest BCUT2D eigenvalue weighted by Crippen LogP contribution is -2.15. The minimum Gasteiger partial charge on any atom is -0.322 e. The Morgan fingerprint density at radius 2 is 2.23 bits per heavy atom. The zero-order chi connectivity index (χ0) is 9.68. The topological polar surface area (TPSA) is 51.8 Å². The number of thioether (sulfide) groups is 1. The Labute approximate surface area is 83.2 Å². The second-order valence-corrected chi connectivity index (χ2v) is 4.73. The van der Waals surface area contributed by atoms with Crippen molar-refractivity contribution in [2.75, 3.05) is 5.75 Å². The summed E-state index contributed by atoms with van der Waals surface area (Å²) in [6, 6.07) is 0.00102. The van der Waals surface area contributed by atoms with Crippen molar-refractivity contribution in [2.45, 2.75) is 25.1 Å². The zero-order valence-corrected chi connectivity index (χ0v) is 8.79. The van der Waals surface area contributed by atoms with Gasteiger partial charge in [-0.05, 0) is 5.25 Å². The van der Waals surface area contributed by atoms with Crippen LogP contribution < -0.4 is 5.73 Å². The fourth-order valence-electron chi connectivity index (χ4n) is 0.884. The molecule has 0 bridgehead atoms. The van der Waals surface area contributed by atoms with Gasteiger partial charge in [-0.25, -0.2) is 0 Å². The fraction of sp³-hybridized carbons (Fsp3) is 0.556. The monoisotopic (exact) mass is 197 g/mol. The number of nitrogens with two attached hydrogens (primary N) is 1. The maximum absolute atomic E-state index is 5.92. The van der Waals surface area contributed by atoms with Gasteiger partial charge in [-0.3, -0.25) is 9.97 Å². The van der Waals surface area contributed by atoms with Gasteiger partial charge in [-0.2, -0.15) is 11.8 Å². The first-order valence-corrected chi connectivity index (χ1v) is 5.38. The molecule has 0 fully saturated rings. The lowest BCUT2D eigenvalue weighted by atomic mass is 10.3. The molecule has 0 spiro atoms. The van der Waals surface area contributed by atoms with Gasteiger partial charge in [0.2, 0.25) is 0 Å². The van der Waals surface area contributed by atoms with Crippen molar-refractivity contribution in [1.29, 1.82) is 0 Å². The van der Waals surface area contributed by atoms with Crippen LogP contribution in [0.3, 0.4) is 0 Å². The molecular weight excluding hydrogens is 182 g/mol. The average molecular weight is 197 g/mol. The van der Waals surface area contributed by atoms with E-state index in [0.29, 0.717) is 5.25 Å². The minimum absolute atomic E-state index is 0.00102. The second-order valence-electron chi connectivity index (χ2n) is 3.12. The van der Waals surface area contributed by atoms with Crippen LogP contribution in [-0.4, -0.2) is 21.0 Å². The smallest absolute Gasteiger partial charge is 0.0762 e. The van der Waals surface area contributed by atoms with Gasteiger partial charge in [0.15, 0.2) is 0 Å². The van der Waals surface area contributed by atoms with E-state index in [4.69, 9.17) is 5.73 Å². The normalized spacial score (nSPS) is 13.2. The zero-order valence-electron chi connectivity index (χ0n) is 7.97. The molecule has 1 heterocycles. The summed E-state index contributed by atoms with van der Waals surface area (Å²) in [5.74, 6) is 0.899. The molecule has 0 aliphatic rings. The highest BCUT2D eigenvalue weighted by atomic mass is 32.2. The fourth-order valence-corrected chi connectivity index (χ4v) is 1.65. The standard InChI is InChI=1S/C9H15N3S/c1-7(2)13-6-8(10)9-5-11-3-4-12-9/h3-5,7-8H,6,10H2,1-2H3. The predicted octanol–water partition coefficient (Wildman–Crippen LogP) is 1.62. The van der Waals surface area contributed by atoms with E-state index in [-0.39, 0.29) is 6.04 Å². The molecule has 0 saturated carbocycles. The molecule has 0 saturated heterocycles. The van der Waals surface area contributed by atoms with Gasteiger partial charge >= 0.3 is 0 Å². The first-order chi connectivity index (χ1) is 6.20. The lowest BCUT2D eigenvalue weighted by Gasteiger charge is -2.11. The summed E-state index contributed by atoms with van der Waals surface area (Å²) in [5.41, 5.74) is 6.79. The van der Waals surface area contributed by atoms with Crippen LogP contribution in [0, 0.1) is 0 Å². The van der Waals surface area contributed by atoms with Crippen LogP contribution in [0.15, 0.2) is 18.6 Å².